The van der Waals surface area contributed by atoms with Crippen molar-refractivity contribution >= 4 is 11.8 Å². The van der Waals surface area contributed by atoms with E-state index in [1.807, 2.05) is 30.4 Å². The average molecular weight is 376 g/mol. The Labute approximate surface area is 162 Å². The Balaban J connectivity index is 1.61. The van der Waals surface area contributed by atoms with E-state index in [1.54, 1.807) is 31.2 Å². The Bertz CT molecular complexity index is 980. The quantitative estimate of drug-likeness (QED) is 0.784. The molecule has 3 N–H and O–H groups in total. The predicted molar refractivity (Wildman–Crippen MR) is 104 cm³/mol. The number of rotatable bonds is 4. The fraction of sp³-hybridized carbons (Fsp3) is 0.182. The van der Waals surface area contributed by atoms with Gasteiger partial charge in [-0.15, -0.1) is 0 Å². The van der Waals surface area contributed by atoms with Crippen LogP contribution in [-0.2, 0) is 9.53 Å². The zero-order valence-corrected chi connectivity index (χ0v) is 15.3. The molecule has 1 aromatic carbocycles. The molecule has 0 fully saturated rings. The minimum Gasteiger partial charge on any atom is -0.477 e. The highest BCUT2D eigenvalue weighted by atomic mass is 16.5. The number of carbonyl (C=O) groups is 2. The molecule has 1 heterocycles. The monoisotopic (exact) mass is 376 g/mol. The number of allylic oxidation sites excluding steroid dienone is 2. The summed E-state index contributed by atoms with van der Waals surface area (Å²) >= 11 is 0. The van der Waals surface area contributed by atoms with Crippen molar-refractivity contribution in [2.75, 3.05) is 6.61 Å². The largest absolute Gasteiger partial charge is 0.477 e. The number of esters is 1. The molecule has 28 heavy (non-hydrogen) atoms. The van der Waals surface area contributed by atoms with E-state index in [4.69, 9.17) is 15.2 Å². The van der Waals surface area contributed by atoms with Crippen LogP contribution in [0.4, 0.5) is 0 Å². The first-order valence-corrected chi connectivity index (χ1v) is 9.09. The fourth-order valence-corrected chi connectivity index (χ4v) is 3.37. The van der Waals surface area contributed by atoms with Gasteiger partial charge in [0.15, 0.2) is 6.10 Å². The maximum absolute atomic E-state index is 12.6. The van der Waals surface area contributed by atoms with Crippen LogP contribution >= 0.6 is 0 Å². The molecule has 0 aromatic heterocycles. The van der Waals surface area contributed by atoms with Crippen molar-refractivity contribution in [1.29, 1.82) is 0 Å². The molecule has 2 aliphatic carbocycles. The van der Waals surface area contributed by atoms with Crippen molar-refractivity contribution < 1.29 is 19.1 Å². The summed E-state index contributed by atoms with van der Waals surface area (Å²) in [6.07, 6.45) is 10.5. The Morgan fingerprint density at radius 3 is 2.71 bits per heavy atom. The number of dihydropyridines is 1. The first kappa shape index (κ1) is 17.9. The molecule has 1 aliphatic heterocycles. The molecule has 1 aromatic rings. The number of nitrogens with one attached hydrogen (secondary N) is 1. The van der Waals surface area contributed by atoms with Gasteiger partial charge in [0.05, 0.1) is 29.6 Å². The molecule has 0 saturated carbocycles. The lowest BCUT2D eigenvalue weighted by molar-refractivity contribution is -0.119. The first-order valence-electron chi connectivity index (χ1n) is 9.09. The van der Waals surface area contributed by atoms with Gasteiger partial charge in [0.25, 0.3) is 0 Å². The molecule has 3 aliphatic rings. The van der Waals surface area contributed by atoms with E-state index in [-0.39, 0.29) is 11.8 Å². The normalized spacial score (nSPS) is 22.5. The van der Waals surface area contributed by atoms with Crippen LogP contribution in [0, 0.1) is 0 Å². The molecule has 0 radical (unpaired) electrons. The standard InChI is InChI=1S/C22H20N2O4/c1-2-27-22(26)13-7-9-15(10-8-13)28-21-16-11-14-5-3-4-6-18(14)24-20(16)17(23)12-19(21)25/h3-12,18,21,24H,2,23H2,1H3. The second-order valence-corrected chi connectivity index (χ2v) is 6.59. The van der Waals surface area contributed by atoms with Crippen molar-refractivity contribution in [1.82, 2.24) is 5.32 Å². The topological polar surface area (TPSA) is 90.7 Å². The molecule has 142 valence electrons. The number of hydrogen-bond acceptors (Lipinski definition) is 6. The van der Waals surface area contributed by atoms with Gasteiger partial charge in [0.2, 0.25) is 5.78 Å². The number of hydrogen-bond donors (Lipinski definition) is 2. The molecule has 0 amide bonds. The van der Waals surface area contributed by atoms with Gasteiger partial charge in [-0.25, -0.2) is 4.79 Å². The summed E-state index contributed by atoms with van der Waals surface area (Å²) in [6, 6.07) is 6.55. The third kappa shape index (κ3) is 3.24. The number of carbonyl (C=O) groups excluding carboxylic acids is 2. The van der Waals surface area contributed by atoms with Crippen molar-refractivity contribution in [2.24, 2.45) is 5.73 Å². The second kappa shape index (κ2) is 7.23. The van der Waals surface area contributed by atoms with Crippen molar-refractivity contribution in [3.8, 4) is 5.75 Å². The molecule has 0 saturated heterocycles. The third-order valence-corrected chi connectivity index (χ3v) is 4.72. The van der Waals surface area contributed by atoms with E-state index < -0.39 is 12.1 Å². The SMILES string of the molecule is CCOC(=O)c1ccc(OC2C(=O)C=C(N)C3=C2C=C2C=CC=CC2N3)cc1. The number of benzene rings is 1. The summed E-state index contributed by atoms with van der Waals surface area (Å²) in [7, 11) is 0. The highest BCUT2D eigenvalue weighted by molar-refractivity contribution is 6.00. The fourth-order valence-electron chi connectivity index (χ4n) is 3.37. The zero-order valence-electron chi connectivity index (χ0n) is 15.3. The van der Waals surface area contributed by atoms with E-state index in [0.717, 1.165) is 5.57 Å². The lowest BCUT2D eigenvalue weighted by Gasteiger charge is -2.33. The van der Waals surface area contributed by atoms with Crippen LogP contribution in [0.5, 0.6) is 5.75 Å². The van der Waals surface area contributed by atoms with Crippen LogP contribution in [0.2, 0.25) is 0 Å². The van der Waals surface area contributed by atoms with E-state index in [2.05, 4.69) is 5.32 Å². The number of nitrogens with two attached hydrogens (primary N) is 1. The van der Waals surface area contributed by atoms with Crippen LogP contribution in [0.25, 0.3) is 0 Å². The maximum Gasteiger partial charge on any atom is 0.338 e. The molecule has 2 unspecified atom stereocenters. The van der Waals surface area contributed by atoms with Crippen LogP contribution in [-0.4, -0.2) is 30.5 Å². The van der Waals surface area contributed by atoms with Gasteiger partial charge in [0, 0.05) is 11.6 Å². The van der Waals surface area contributed by atoms with Gasteiger partial charge in [-0.1, -0.05) is 24.3 Å². The zero-order chi connectivity index (χ0) is 19.7. The predicted octanol–water partition coefficient (Wildman–Crippen LogP) is 2.31. The van der Waals surface area contributed by atoms with Gasteiger partial charge < -0.3 is 20.5 Å². The molecule has 6 heteroatoms. The maximum atomic E-state index is 12.6. The smallest absolute Gasteiger partial charge is 0.338 e. The van der Waals surface area contributed by atoms with E-state index >= 15 is 0 Å². The van der Waals surface area contributed by atoms with Crippen molar-refractivity contribution in [2.45, 2.75) is 19.1 Å². The Morgan fingerprint density at radius 2 is 1.96 bits per heavy atom. The van der Waals surface area contributed by atoms with Gasteiger partial charge in [-0.05, 0) is 42.8 Å². The molecular weight excluding hydrogens is 356 g/mol. The number of fused-ring (bicyclic) bond motifs is 1. The van der Waals surface area contributed by atoms with Crippen molar-refractivity contribution in [3.05, 3.63) is 88.8 Å². The summed E-state index contributed by atoms with van der Waals surface area (Å²) in [5.41, 5.74) is 9.35. The minimum absolute atomic E-state index is 0.0217. The van der Waals surface area contributed by atoms with Crippen LogP contribution in [0.15, 0.2) is 83.3 Å². The van der Waals surface area contributed by atoms with Crippen LogP contribution < -0.4 is 15.8 Å². The molecule has 4 rings (SSSR count). The Kier molecular flexibility index (Phi) is 4.61. The van der Waals surface area contributed by atoms with Crippen molar-refractivity contribution in [3.63, 3.8) is 0 Å². The van der Waals surface area contributed by atoms with E-state index in [9.17, 15) is 9.59 Å². The molecule has 0 spiro atoms. The van der Waals surface area contributed by atoms with Gasteiger partial charge >= 0.3 is 5.97 Å². The summed E-state index contributed by atoms with van der Waals surface area (Å²) in [5.74, 6) is -0.141. The second-order valence-electron chi connectivity index (χ2n) is 6.59. The average Bonchev–Trinajstić information content (AvgIpc) is 2.70. The highest BCUT2D eigenvalue weighted by Gasteiger charge is 2.34. The molecular formula is C22H20N2O4. The van der Waals surface area contributed by atoms with Crippen LogP contribution in [0.3, 0.4) is 0 Å². The van der Waals surface area contributed by atoms with Crippen LogP contribution in [0.1, 0.15) is 17.3 Å². The Morgan fingerprint density at radius 1 is 1.18 bits per heavy atom. The van der Waals surface area contributed by atoms with Gasteiger partial charge in [0.1, 0.15) is 5.75 Å². The third-order valence-electron chi connectivity index (χ3n) is 4.72. The van der Waals surface area contributed by atoms with E-state index in [1.165, 1.54) is 6.08 Å². The van der Waals surface area contributed by atoms with Gasteiger partial charge in [-0.3, -0.25) is 4.79 Å². The van der Waals surface area contributed by atoms with Gasteiger partial charge in [-0.2, -0.15) is 0 Å². The number of ketones is 1. The first-order chi connectivity index (χ1) is 13.6. The minimum atomic E-state index is -0.809. The summed E-state index contributed by atoms with van der Waals surface area (Å²) in [5, 5.41) is 3.37. The highest BCUT2D eigenvalue weighted by Crippen LogP contribution is 2.31. The summed E-state index contributed by atoms with van der Waals surface area (Å²) < 4.78 is 11.0. The molecule has 0 bridgehead atoms. The van der Waals surface area contributed by atoms with E-state index in [0.29, 0.717) is 34.9 Å². The molecule has 2 atom stereocenters. The summed E-state index contributed by atoms with van der Waals surface area (Å²) in [6.45, 7) is 2.06. The lowest BCUT2D eigenvalue weighted by Crippen LogP contribution is -2.42. The number of ether oxygens (including phenoxy) is 2. The lowest BCUT2D eigenvalue weighted by atomic mass is 9.87. The molecule has 6 nitrogen and oxygen atoms in total. The summed E-state index contributed by atoms with van der Waals surface area (Å²) in [4.78, 5) is 24.4. The Hall–Kier alpha value is -3.54.